The Hall–Kier alpha value is -3.28. The van der Waals surface area contributed by atoms with Crippen molar-refractivity contribution in [1.82, 2.24) is 19.7 Å². The first kappa shape index (κ1) is 15.3. The van der Waals surface area contributed by atoms with E-state index in [9.17, 15) is 0 Å². The molecule has 0 saturated carbocycles. The van der Waals surface area contributed by atoms with Gasteiger partial charge in [-0.05, 0) is 35.9 Å². The lowest BCUT2D eigenvalue weighted by molar-refractivity contribution is 0.298. The van der Waals surface area contributed by atoms with Crippen molar-refractivity contribution < 1.29 is 4.74 Å². The third-order valence-corrected chi connectivity index (χ3v) is 4.01. The molecule has 0 unspecified atom stereocenters. The Morgan fingerprint density at radius 3 is 3.08 bits per heavy atom. The van der Waals surface area contributed by atoms with Crippen LogP contribution in [0.4, 0.5) is 5.69 Å². The summed E-state index contributed by atoms with van der Waals surface area (Å²) in [6.07, 6.45) is 7.32. The van der Waals surface area contributed by atoms with Crippen molar-refractivity contribution in [2.45, 2.75) is 13.1 Å². The van der Waals surface area contributed by atoms with E-state index in [4.69, 9.17) is 4.74 Å². The second kappa shape index (κ2) is 7.09. The zero-order valence-corrected chi connectivity index (χ0v) is 13.7. The summed E-state index contributed by atoms with van der Waals surface area (Å²) in [6.45, 7) is 2.14. The highest BCUT2D eigenvalue weighted by Crippen LogP contribution is 2.19. The molecule has 2 aromatic carbocycles. The van der Waals surface area contributed by atoms with E-state index in [2.05, 4.69) is 38.7 Å². The van der Waals surface area contributed by atoms with Crippen LogP contribution in [0.5, 0.6) is 5.75 Å². The van der Waals surface area contributed by atoms with Crippen molar-refractivity contribution in [2.24, 2.45) is 0 Å². The summed E-state index contributed by atoms with van der Waals surface area (Å²) in [7, 11) is 0. The number of hydrogen-bond donors (Lipinski definition) is 2. The SMILES string of the molecule is c1cc(CNc2ccc3[nH]ncc3c2)cc(OCCn2ccnc2)c1. The molecule has 4 aromatic rings. The number of imidazole rings is 1. The van der Waals surface area contributed by atoms with Crippen LogP contribution in [0.3, 0.4) is 0 Å². The first-order chi connectivity index (χ1) is 12.4. The Morgan fingerprint density at radius 2 is 2.16 bits per heavy atom. The second-order valence-electron chi connectivity index (χ2n) is 5.82. The molecule has 2 heterocycles. The molecule has 0 aliphatic carbocycles. The number of ether oxygens (including phenoxy) is 1. The average molecular weight is 333 g/mol. The predicted octanol–water partition coefficient (Wildman–Crippen LogP) is 3.45. The Labute approximate surface area is 145 Å². The van der Waals surface area contributed by atoms with Crippen LogP contribution >= 0.6 is 0 Å². The summed E-state index contributed by atoms with van der Waals surface area (Å²) in [6, 6.07) is 14.3. The van der Waals surface area contributed by atoms with Gasteiger partial charge in [0.05, 0.1) is 24.6 Å². The lowest BCUT2D eigenvalue weighted by Crippen LogP contribution is -2.07. The minimum atomic E-state index is 0.615. The zero-order valence-electron chi connectivity index (χ0n) is 13.7. The normalized spacial score (nSPS) is 10.9. The van der Waals surface area contributed by atoms with Gasteiger partial charge in [0.15, 0.2) is 0 Å². The third-order valence-electron chi connectivity index (χ3n) is 4.01. The minimum Gasteiger partial charge on any atom is -0.492 e. The quantitative estimate of drug-likeness (QED) is 0.543. The summed E-state index contributed by atoms with van der Waals surface area (Å²) < 4.78 is 7.83. The van der Waals surface area contributed by atoms with E-state index in [1.807, 2.05) is 41.2 Å². The van der Waals surface area contributed by atoms with Gasteiger partial charge in [0.25, 0.3) is 0 Å². The van der Waals surface area contributed by atoms with E-state index in [1.54, 1.807) is 12.5 Å². The molecule has 0 spiro atoms. The van der Waals surface area contributed by atoms with Crippen molar-refractivity contribution in [2.75, 3.05) is 11.9 Å². The molecule has 2 N–H and O–H groups in total. The number of hydrogen-bond acceptors (Lipinski definition) is 4. The van der Waals surface area contributed by atoms with Gasteiger partial charge >= 0.3 is 0 Å². The molecular formula is C19H19N5O. The fourth-order valence-electron chi connectivity index (χ4n) is 2.69. The standard InChI is InChI=1S/C19H19N5O/c1-2-15(10-18(3-1)25-9-8-24-7-6-20-14-24)12-21-17-4-5-19-16(11-17)13-22-23-19/h1-7,10-11,13-14,21H,8-9,12H2,(H,22,23). The van der Waals surface area contributed by atoms with E-state index >= 15 is 0 Å². The predicted molar refractivity (Wildman–Crippen MR) is 97.6 cm³/mol. The van der Waals surface area contributed by atoms with Crippen LogP contribution in [0.25, 0.3) is 10.9 Å². The molecule has 6 nitrogen and oxygen atoms in total. The number of H-pyrrole nitrogens is 1. The lowest BCUT2D eigenvalue weighted by atomic mass is 10.2. The molecule has 0 fully saturated rings. The first-order valence-corrected chi connectivity index (χ1v) is 8.21. The van der Waals surface area contributed by atoms with Gasteiger partial charge in [0.1, 0.15) is 12.4 Å². The highest BCUT2D eigenvalue weighted by Gasteiger charge is 2.00. The Bertz CT molecular complexity index is 945. The van der Waals surface area contributed by atoms with Gasteiger partial charge in [-0.25, -0.2) is 4.98 Å². The Morgan fingerprint density at radius 1 is 1.16 bits per heavy atom. The van der Waals surface area contributed by atoms with Crippen LogP contribution in [0.2, 0.25) is 0 Å². The second-order valence-corrected chi connectivity index (χ2v) is 5.82. The van der Waals surface area contributed by atoms with E-state index in [0.717, 1.165) is 35.4 Å². The fraction of sp³-hybridized carbons (Fsp3) is 0.158. The van der Waals surface area contributed by atoms with Crippen molar-refractivity contribution >= 4 is 16.6 Å². The van der Waals surface area contributed by atoms with Crippen LogP contribution in [0.1, 0.15) is 5.56 Å². The van der Waals surface area contributed by atoms with Crippen molar-refractivity contribution in [3.63, 3.8) is 0 Å². The maximum absolute atomic E-state index is 5.83. The van der Waals surface area contributed by atoms with Gasteiger partial charge in [-0.15, -0.1) is 0 Å². The smallest absolute Gasteiger partial charge is 0.119 e. The molecule has 0 saturated heterocycles. The summed E-state index contributed by atoms with van der Waals surface area (Å²) in [5.74, 6) is 0.879. The van der Waals surface area contributed by atoms with Crippen LogP contribution in [0.15, 0.2) is 67.4 Å². The number of nitrogens with zero attached hydrogens (tertiary/aromatic N) is 3. The molecule has 0 atom stereocenters. The Balaban J connectivity index is 1.34. The van der Waals surface area contributed by atoms with E-state index in [0.29, 0.717) is 6.61 Å². The van der Waals surface area contributed by atoms with Gasteiger partial charge in [-0.1, -0.05) is 12.1 Å². The topological polar surface area (TPSA) is 67.8 Å². The van der Waals surface area contributed by atoms with E-state index in [-0.39, 0.29) is 0 Å². The number of fused-ring (bicyclic) bond motifs is 1. The highest BCUT2D eigenvalue weighted by molar-refractivity contribution is 5.81. The number of aromatic amines is 1. The van der Waals surface area contributed by atoms with Crippen LogP contribution < -0.4 is 10.1 Å². The number of benzene rings is 2. The van der Waals surface area contributed by atoms with Crippen molar-refractivity contribution in [3.8, 4) is 5.75 Å². The van der Waals surface area contributed by atoms with Gasteiger partial charge in [0, 0.05) is 30.0 Å². The molecule has 4 rings (SSSR count). The lowest BCUT2D eigenvalue weighted by Gasteiger charge is -2.10. The van der Waals surface area contributed by atoms with Crippen molar-refractivity contribution in [1.29, 1.82) is 0 Å². The maximum Gasteiger partial charge on any atom is 0.119 e. The van der Waals surface area contributed by atoms with Gasteiger partial charge < -0.3 is 14.6 Å². The summed E-state index contributed by atoms with van der Waals surface area (Å²) in [4.78, 5) is 4.02. The van der Waals surface area contributed by atoms with Crippen molar-refractivity contribution in [3.05, 3.63) is 72.9 Å². The van der Waals surface area contributed by atoms with Gasteiger partial charge in [-0.3, -0.25) is 5.10 Å². The molecule has 0 aliphatic rings. The summed E-state index contributed by atoms with van der Waals surface area (Å²) in [5, 5.41) is 11.5. The minimum absolute atomic E-state index is 0.615. The third kappa shape index (κ3) is 3.80. The van der Waals surface area contributed by atoms with Crippen LogP contribution in [0, 0.1) is 0 Å². The molecule has 2 aromatic heterocycles. The number of nitrogens with one attached hydrogen (secondary N) is 2. The first-order valence-electron chi connectivity index (χ1n) is 8.21. The molecule has 0 amide bonds. The summed E-state index contributed by atoms with van der Waals surface area (Å²) in [5.41, 5.74) is 3.28. The molecule has 126 valence electrons. The molecule has 0 aliphatic heterocycles. The van der Waals surface area contributed by atoms with Crippen LogP contribution in [-0.2, 0) is 13.1 Å². The number of rotatable bonds is 7. The zero-order chi connectivity index (χ0) is 16.9. The molecule has 6 heteroatoms. The Kier molecular flexibility index (Phi) is 4.33. The number of anilines is 1. The molecule has 0 radical (unpaired) electrons. The van der Waals surface area contributed by atoms with E-state index < -0.39 is 0 Å². The maximum atomic E-state index is 5.83. The monoisotopic (exact) mass is 333 g/mol. The van der Waals surface area contributed by atoms with Crippen LogP contribution in [-0.4, -0.2) is 26.4 Å². The van der Waals surface area contributed by atoms with Gasteiger partial charge in [-0.2, -0.15) is 5.10 Å². The molecule has 0 bridgehead atoms. The fourth-order valence-corrected chi connectivity index (χ4v) is 2.69. The molecule has 25 heavy (non-hydrogen) atoms. The largest absolute Gasteiger partial charge is 0.492 e. The highest BCUT2D eigenvalue weighted by atomic mass is 16.5. The number of aromatic nitrogens is 4. The average Bonchev–Trinajstić information content (AvgIpc) is 3.31. The molecular weight excluding hydrogens is 314 g/mol. The van der Waals surface area contributed by atoms with E-state index in [1.165, 1.54) is 5.56 Å². The summed E-state index contributed by atoms with van der Waals surface area (Å²) >= 11 is 0. The van der Waals surface area contributed by atoms with Gasteiger partial charge in [0.2, 0.25) is 0 Å².